The average molecular weight is 282 g/mol. The van der Waals surface area contributed by atoms with Crippen LogP contribution in [0.15, 0.2) is 28.8 Å². The van der Waals surface area contributed by atoms with Crippen LogP contribution >= 0.6 is 0 Å². The Morgan fingerprint density at radius 3 is 2.60 bits per heavy atom. The lowest BCUT2D eigenvalue weighted by atomic mass is 9.81. The van der Waals surface area contributed by atoms with E-state index in [0.717, 1.165) is 31.4 Å². The van der Waals surface area contributed by atoms with Crippen molar-refractivity contribution in [2.75, 3.05) is 5.73 Å². The van der Waals surface area contributed by atoms with Crippen molar-refractivity contribution >= 4 is 5.82 Å². The number of hydrogen-bond acceptors (Lipinski definition) is 3. The molecule has 0 amide bonds. The number of nitrogens with two attached hydrogens (primary N) is 1. The summed E-state index contributed by atoms with van der Waals surface area (Å²) in [5.74, 6) is 0.962. The molecule has 0 aliphatic heterocycles. The summed E-state index contributed by atoms with van der Waals surface area (Å²) in [6.45, 7) is 0. The van der Waals surface area contributed by atoms with Crippen LogP contribution in [0, 0.1) is 0 Å². The normalized spacial score (nSPS) is 16.1. The fourth-order valence-electron chi connectivity index (χ4n) is 2.41. The van der Waals surface area contributed by atoms with Gasteiger partial charge in [-0.15, -0.1) is 0 Å². The molecule has 1 aliphatic carbocycles. The molecule has 3 rings (SSSR count). The number of aromatic nitrogens is 1. The first kappa shape index (κ1) is 13.0. The summed E-state index contributed by atoms with van der Waals surface area (Å²) in [5.41, 5.74) is 5.97. The molecule has 0 atom stereocenters. The Morgan fingerprint density at radius 1 is 1.25 bits per heavy atom. The van der Waals surface area contributed by atoms with E-state index in [4.69, 9.17) is 10.3 Å². The number of nitrogen functional groups attached to an aromatic ring is 1. The zero-order chi connectivity index (χ0) is 14.3. The third-order valence-electron chi connectivity index (χ3n) is 3.70. The maximum absolute atomic E-state index is 12.8. The predicted molar refractivity (Wildman–Crippen MR) is 67.9 cm³/mol. The van der Waals surface area contributed by atoms with Gasteiger partial charge in [-0.2, -0.15) is 13.2 Å². The lowest BCUT2D eigenvalue weighted by molar-refractivity contribution is -0.137. The number of anilines is 1. The van der Waals surface area contributed by atoms with Crippen LogP contribution in [0.2, 0.25) is 0 Å². The van der Waals surface area contributed by atoms with Gasteiger partial charge in [0.05, 0.1) is 11.1 Å². The second-order valence-electron chi connectivity index (χ2n) is 5.01. The molecule has 3 nitrogen and oxygen atoms in total. The molecule has 1 aliphatic rings. The van der Waals surface area contributed by atoms with E-state index in [-0.39, 0.29) is 11.7 Å². The largest absolute Gasteiger partial charge is 0.416 e. The van der Waals surface area contributed by atoms with E-state index in [2.05, 4.69) is 5.16 Å². The number of hydrogen-bond donors (Lipinski definition) is 1. The summed E-state index contributed by atoms with van der Waals surface area (Å²) >= 11 is 0. The van der Waals surface area contributed by atoms with Crippen LogP contribution in [0.1, 0.15) is 36.5 Å². The molecule has 1 heterocycles. The number of nitrogens with zero attached hydrogens (tertiary/aromatic N) is 1. The molecule has 0 spiro atoms. The van der Waals surface area contributed by atoms with E-state index < -0.39 is 11.7 Å². The average Bonchev–Trinajstić information content (AvgIpc) is 2.68. The summed E-state index contributed by atoms with van der Waals surface area (Å²) < 4.78 is 43.6. The van der Waals surface area contributed by atoms with Gasteiger partial charge < -0.3 is 10.3 Å². The summed E-state index contributed by atoms with van der Waals surface area (Å²) in [7, 11) is 0. The maximum atomic E-state index is 12.8. The van der Waals surface area contributed by atoms with Crippen LogP contribution in [-0.2, 0) is 6.18 Å². The van der Waals surface area contributed by atoms with Crippen LogP contribution in [0.5, 0.6) is 0 Å². The van der Waals surface area contributed by atoms with Gasteiger partial charge in [0.1, 0.15) is 5.76 Å². The van der Waals surface area contributed by atoms with E-state index in [9.17, 15) is 13.2 Å². The molecule has 1 aromatic heterocycles. The van der Waals surface area contributed by atoms with E-state index in [1.54, 1.807) is 6.07 Å². The van der Waals surface area contributed by atoms with Crippen LogP contribution in [0.25, 0.3) is 11.1 Å². The minimum Gasteiger partial charge on any atom is -0.380 e. The van der Waals surface area contributed by atoms with E-state index in [1.807, 2.05) is 0 Å². The SMILES string of the molecule is Nc1noc(C2CCC2)c1-c1cccc(C(F)(F)F)c1. The molecule has 0 radical (unpaired) electrons. The molecule has 106 valence electrons. The third-order valence-corrected chi connectivity index (χ3v) is 3.70. The second-order valence-corrected chi connectivity index (χ2v) is 5.01. The van der Waals surface area contributed by atoms with Gasteiger partial charge in [-0.05, 0) is 30.5 Å². The van der Waals surface area contributed by atoms with Gasteiger partial charge in [0.25, 0.3) is 0 Å². The highest BCUT2D eigenvalue weighted by Crippen LogP contribution is 2.44. The van der Waals surface area contributed by atoms with Gasteiger partial charge in [-0.3, -0.25) is 0 Å². The Kier molecular flexibility index (Phi) is 2.96. The second kappa shape index (κ2) is 4.54. The van der Waals surface area contributed by atoms with Crippen molar-refractivity contribution in [3.05, 3.63) is 35.6 Å². The fraction of sp³-hybridized carbons (Fsp3) is 0.357. The molecule has 2 aromatic rings. The highest BCUT2D eigenvalue weighted by molar-refractivity contribution is 5.76. The summed E-state index contributed by atoms with van der Waals surface area (Å²) in [4.78, 5) is 0. The van der Waals surface area contributed by atoms with E-state index in [0.29, 0.717) is 16.9 Å². The lowest BCUT2D eigenvalue weighted by Gasteiger charge is -2.23. The first-order chi connectivity index (χ1) is 9.47. The minimum atomic E-state index is -4.38. The Bertz CT molecular complexity index is 630. The highest BCUT2D eigenvalue weighted by atomic mass is 19.4. The van der Waals surface area contributed by atoms with E-state index in [1.165, 1.54) is 6.07 Å². The van der Waals surface area contributed by atoms with Crippen LogP contribution < -0.4 is 5.73 Å². The van der Waals surface area contributed by atoms with Crippen molar-refractivity contribution in [1.82, 2.24) is 5.16 Å². The summed E-state index contributed by atoms with van der Waals surface area (Å²) in [6.07, 6.45) is -1.37. The van der Waals surface area contributed by atoms with Crippen molar-refractivity contribution in [3.8, 4) is 11.1 Å². The molecular formula is C14H13F3N2O. The van der Waals surface area contributed by atoms with Crippen molar-refractivity contribution in [1.29, 1.82) is 0 Å². The number of alkyl halides is 3. The summed E-state index contributed by atoms with van der Waals surface area (Å²) in [6, 6.07) is 5.09. The van der Waals surface area contributed by atoms with Gasteiger partial charge in [-0.25, -0.2) is 0 Å². The quantitative estimate of drug-likeness (QED) is 0.897. The minimum absolute atomic E-state index is 0.145. The molecular weight excluding hydrogens is 269 g/mol. The molecule has 0 bridgehead atoms. The zero-order valence-corrected chi connectivity index (χ0v) is 10.6. The van der Waals surface area contributed by atoms with Crippen molar-refractivity contribution in [2.24, 2.45) is 0 Å². The van der Waals surface area contributed by atoms with Gasteiger partial charge >= 0.3 is 6.18 Å². The van der Waals surface area contributed by atoms with Gasteiger partial charge in [-0.1, -0.05) is 23.7 Å². The molecule has 0 unspecified atom stereocenters. The van der Waals surface area contributed by atoms with Crippen molar-refractivity contribution in [2.45, 2.75) is 31.4 Å². The highest BCUT2D eigenvalue weighted by Gasteiger charge is 2.32. The van der Waals surface area contributed by atoms with Crippen molar-refractivity contribution in [3.63, 3.8) is 0 Å². The first-order valence-corrected chi connectivity index (χ1v) is 6.39. The van der Waals surface area contributed by atoms with E-state index >= 15 is 0 Å². The topological polar surface area (TPSA) is 52.0 Å². The molecule has 1 aromatic carbocycles. The molecule has 6 heteroatoms. The number of benzene rings is 1. The lowest BCUT2D eigenvalue weighted by Crippen LogP contribution is -2.09. The number of rotatable bonds is 2. The third kappa shape index (κ3) is 2.15. The monoisotopic (exact) mass is 282 g/mol. The Balaban J connectivity index is 2.07. The molecule has 2 N–H and O–H groups in total. The molecule has 20 heavy (non-hydrogen) atoms. The smallest absolute Gasteiger partial charge is 0.380 e. The first-order valence-electron chi connectivity index (χ1n) is 6.39. The van der Waals surface area contributed by atoms with Crippen LogP contribution in [-0.4, -0.2) is 5.16 Å². The molecule has 1 fully saturated rings. The van der Waals surface area contributed by atoms with Gasteiger partial charge in [0.2, 0.25) is 0 Å². The summed E-state index contributed by atoms with van der Waals surface area (Å²) in [5, 5.41) is 3.71. The Hall–Kier alpha value is -1.98. The molecule has 1 saturated carbocycles. The zero-order valence-electron chi connectivity index (χ0n) is 10.6. The van der Waals surface area contributed by atoms with Crippen LogP contribution in [0.4, 0.5) is 19.0 Å². The Morgan fingerprint density at radius 2 is 2.00 bits per heavy atom. The standard InChI is InChI=1S/C14H13F3N2O/c15-14(16,17)10-6-2-5-9(7-10)11-12(8-3-1-4-8)20-19-13(11)18/h2,5-8H,1,3-4H2,(H2,18,19). The van der Waals surface area contributed by atoms with Crippen molar-refractivity contribution < 1.29 is 17.7 Å². The molecule has 0 saturated heterocycles. The van der Waals surface area contributed by atoms with Crippen LogP contribution in [0.3, 0.4) is 0 Å². The number of halogens is 3. The Labute approximate surface area is 113 Å². The van der Waals surface area contributed by atoms with Gasteiger partial charge in [0, 0.05) is 5.92 Å². The van der Waals surface area contributed by atoms with Gasteiger partial charge in [0.15, 0.2) is 5.82 Å². The fourth-order valence-corrected chi connectivity index (χ4v) is 2.41. The predicted octanol–water partition coefficient (Wildman–Crippen LogP) is 4.21. The maximum Gasteiger partial charge on any atom is 0.416 e.